The Morgan fingerprint density at radius 2 is 2.18 bits per heavy atom. The molecule has 7 heteroatoms. The molecule has 1 aliphatic heterocycles. The van der Waals surface area contributed by atoms with Gasteiger partial charge in [0.1, 0.15) is 4.90 Å². The average molecular weight is 332 g/mol. The molecule has 0 aliphatic carbocycles. The molecule has 0 atom stereocenters. The van der Waals surface area contributed by atoms with Gasteiger partial charge in [0.25, 0.3) is 5.56 Å². The highest BCUT2D eigenvalue weighted by Crippen LogP contribution is 2.36. The lowest BCUT2D eigenvalue weighted by molar-refractivity contribution is 0.899. The van der Waals surface area contributed by atoms with Gasteiger partial charge in [-0.15, -0.1) is 0 Å². The van der Waals surface area contributed by atoms with E-state index in [2.05, 4.69) is 47.3 Å². The predicted octanol–water partition coefficient (Wildman–Crippen LogP) is 3.13. The molecule has 0 saturated carbocycles. The van der Waals surface area contributed by atoms with E-state index in [0.29, 0.717) is 4.90 Å². The Kier molecular flexibility index (Phi) is 4.26. The summed E-state index contributed by atoms with van der Waals surface area (Å²) >= 11 is 3.05. The summed E-state index contributed by atoms with van der Waals surface area (Å²) in [6.07, 6.45) is 1.62. The van der Waals surface area contributed by atoms with Crippen molar-refractivity contribution in [2.75, 3.05) is 12.1 Å². The average Bonchev–Trinajstić information content (AvgIpc) is 2.47. The lowest BCUT2D eigenvalue weighted by Gasteiger charge is -2.22. The van der Waals surface area contributed by atoms with E-state index in [4.69, 9.17) is 0 Å². The number of nitrogens with one attached hydrogen (secondary N) is 1. The Bertz CT molecular complexity index is 800. The minimum Gasteiger partial charge on any atom is -0.267 e. The van der Waals surface area contributed by atoms with Crippen LogP contribution in [0.1, 0.15) is 16.7 Å². The molecule has 1 aromatic heterocycles. The van der Waals surface area contributed by atoms with Gasteiger partial charge < -0.3 is 0 Å². The van der Waals surface area contributed by atoms with Gasteiger partial charge in [0.15, 0.2) is 4.38 Å². The molecule has 0 fully saturated rings. The molecule has 0 radical (unpaired) electrons. The Labute approximate surface area is 137 Å². The van der Waals surface area contributed by atoms with Crippen LogP contribution < -0.4 is 10.6 Å². The third-order valence-electron chi connectivity index (χ3n) is 3.41. The Hall–Kier alpha value is -1.73. The Morgan fingerprint density at radius 1 is 1.36 bits per heavy atom. The Balaban J connectivity index is 1.77. The Morgan fingerprint density at radius 3 is 2.95 bits per heavy atom. The zero-order chi connectivity index (χ0) is 15.7. The number of hydrogen-bond donors (Lipinski definition) is 1. The van der Waals surface area contributed by atoms with Crippen LogP contribution in [-0.4, -0.2) is 21.6 Å². The van der Waals surface area contributed by atoms with Crippen LogP contribution in [0.25, 0.3) is 0 Å². The largest absolute Gasteiger partial charge is 0.280 e. The number of hydrogen-bond acceptors (Lipinski definition) is 6. The molecule has 0 saturated heterocycles. The molecule has 0 bridgehead atoms. The topological polar surface area (TPSA) is 61.4 Å². The third-order valence-corrected chi connectivity index (χ3v) is 5.65. The van der Waals surface area contributed by atoms with E-state index in [9.17, 15) is 4.79 Å². The number of nitrogens with zero attached hydrogens (tertiary/aromatic N) is 3. The van der Waals surface area contributed by atoms with Crippen molar-refractivity contribution >= 4 is 33.6 Å². The van der Waals surface area contributed by atoms with Crippen LogP contribution in [0.15, 0.2) is 39.2 Å². The fraction of sp³-hybridized carbons (Fsp3) is 0.267. The third kappa shape index (κ3) is 3.05. The van der Waals surface area contributed by atoms with Gasteiger partial charge in [-0.05, 0) is 25.0 Å². The molecule has 3 rings (SSSR count). The molecule has 0 spiro atoms. The summed E-state index contributed by atoms with van der Waals surface area (Å²) in [5, 5.41) is 12.5. The fourth-order valence-corrected chi connectivity index (χ4v) is 4.41. The summed E-state index contributed by atoms with van der Waals surface area (Å²) < 4.78 is 0.867. The molecule has 0 amide bonds. The van der Waals surface area contributed by atoms with Crippen molar-refractivity contribution in [3.05, 3.63) is 51.4 Å². The first kappa shape index (κ1) is 15.2. The van der Waals surface area contributed by atoms with Crippen LogP contribution in [0.4, 0.5) is 5.69 Å². The van der Waals surface area contributed by atoms with Gasteiger partial charge in [0.05, 0.1) is 11.9 Å². The number of anilines is 1. The molecule has 5 nitrogen and oxygen atoms in total. The summed E-state index contributed by atoms with van der Waals surface area (Å²) in [6.45, 7) is 4.22. The zero-order valence-corrected chi connectivity index (χ0v) is 14.2. The van der Waals surface area contributed by atoms with Crippen molar-refractivity contribution in [1.82, 2.24) is 10.2 Å². The number of aryl methyl sites for hydroxylation is 2. The second kappa shape index (κ2) is 6.18. The van der Waals surface area contributed by atoms with Gasteiger partial charge in [-0.2, -0.15) is 10.2 Å². The van der Waals surface area contributed by atoms with Crippen molar-refractivity contribution in [2.24, 2.45) is 5.10 Å². The molecule has 22 heavy (non-hydrogen) atoms. The van der Waals surface area contributed by atoms with Gasteiger partial charge in [0, 0.05) is 12.8 Å². The molecule has 2 aromatic rings. The number of benzene rings is 1. The molecule has 1 N–H and O–H groups in total. The van der Waals surface area contributed by atoms with Crippen LogP contribution in [0.2, 0.25) is 0 Å². The van der Waals surface area contributed by atoms with E-state index in [1.165, 1.54) is 28.5 Å². The second-order valence-corrected chi connectivity index (χ2v) is 7.35. The normalized spacial score (nSPS) is 13.8. The first-order valence-electron chi connectivity index (χ1n) is 6.81. The molecular formula is C15H16N4OS2. The van der Waals surface area contributed by atoms with Crippen LogP contribution in [0, 0.1) is 13.8 Å². The van der Waals surface area contributed by atoms with Crippen molar-refractivity contribution in [1.29, 1.82) is 0 Å². The van der Waals surface area contributed by atoms with Gasteiger partial charge in [-0.1, -0.05) is 47.3 Å². The van der Waals surface area contributed by atoms with Gasteiger partial charge in [-0.3, -0.25) is 9.80 Å². The molecule has 1 aromatic carbocycles. The van der Waals surface area contributed by atoms with E-state index in [1.54, 1.807) is 23.0 Å². The number of thioether (sulfide) groups is 2. The summed E-state index contributed by atoms with van der Waals surface area (Å²) in [4.78, 5) is 12.5. The highest BCUT2D eigenvalue weighted by molar-refractivity contribution is 8.38. The van der Waals surface area contributed by atoms with E-state index < -0.39 is 0 Å². The maximum Gasteiger partial charge on any atom is 0.280 e. The summed E-state index contributed by atoms with van der Waals surface area (Å²) in [6, 6.07) is 6.46. The predicted molar refractivity (Wildman–Crippen MR) is 93.8 cm³/mol. The second-order valence-electron chi connectivity index (χ2n) is 5.12. The SMILES string of the molecule is Cc1ccc(CSC2=NN(C)c3cn[nH]c(=O)c3S2)c(C)c1. The standard InChI is InChI=1S/C15H16N4OS2/c1-9-4-5-11(10(2)6-9)8-21-15-18-19(3)12-7-16-17-14(20)13(12)22-15/h4-7H,8H2,1-3H3,(H,17,20). The van der Waals surface area contributed by atoms with Crippen LogP contribution >= 0.6 is 23.5 Å². The van der Waals surface area contributed by atoms with Crippen molar-refractivity contribution in [3.63, 3.8) is 0 Å². The summed E-state index contributed by atoms with van der Waals surface area (Å²) in [5.74, 6) is 0.837. The molecule has 114 valence electrons. The fourth-order valence-electron chi connectivity index (χ4n) is 2.20. The lowest BCUT2D eigenvalue weighted by Crippen LogP contribution is -2.22. The number of aromatic nitrogens is 2. The van der Waals surface area contributed by atoms with Crippen LogP contribution in [0.3, 0.4) is 0 Å². The maximum atomic E-state index is 11.9. The first-order chi connectivity index (χ1) is 10.5. The maximum absolute atomic E-state index is 11.9. The summed E-state index contributed by atoms with van der Waals surface area (Å²) in [5.41, 5.74) is 4.41. The highest BCUT2D eigenvalue weighted by atomic mass is 32.2. The van der Waals surface area contributed by atoms with Gasteiger partial charge in [-0.25, -0.2) is 5.10 Å². The number of fused-ring (bicyclic) bond motifs is 1. The van der Waals surface area contributed by atoms with E-state index in [0.717, 1.165) is 15.8 Å². The zero-order valence-electron chi connectivity index (χ0n) is 12.6. The van der Waals surface area contributed by atoms with Crippen LogP contribution in [0.5, 0.6) is 0 Å². The molecule has 2 heterocycles. The van der Waals surface area contributed by atoms with E-state index in [1.807, 2.05) is 7.05 Å². The smallest absolute Gasteiger partial charge is 0.267 e. The van der Waals surface area contributed by atoms with Gasteiger partial charge >= 0.3 is 0 Å². The summed E-state index contributed by atoms with van der Waals surface area (Å²) in [7, 11) is 1.83. The highest BCUT2D eigenvalue weighted by Gasteiger charge is 2.21. The first-order valence-corrected chi connectivity index (χ1v) is 8.61. The minimum atomic E-state index is -0.172. The number of H-pyrrole nitrogens is 1. The lowest BCUT2D eigenvalue weighted by atomic mass is 10.1. The van der Waals surface area contributed by atoms with E-state index >= 15 is 0 Å². The number of hydrazone groups is 1. The van der Waals surface area contributed by atoms with Crippen LogP contribution in [-0.2, 0) is 5.75 Å². The molecule has 0 unspecified atom stereocenters. The molecular weight excluding hydrogens is 316 g/mol. The minimum absolute atomic E-state index is 0.172. The van der Waals surface area contributed by atoms with Crippen molar-refractivity contribution in [3.8, 4) is 0 Å². The molecule has 1 aliphatic rings. The van der Waals surface area contributed by atoms with Gasteiger partial charge in [0.2, 0.25) is 0 Å². The van der Waals surface area contributed by atoms with E-state index in [-0.39, 0.29) is 5.56 Å². The van der Waals surface area contributed by atoms with Crippen molar-refractivity contribution < 1.29 is 0 Å². The number of rotatable bonds is 2. The van der Waals surface area contributed by atoms with Crippen molar-refractivity contribution in [2.45, 2.75) is 24.5 Å². The monoisotopic (exact) mass is 332 g/mol. The quantitative estimate of drug-likeness (QED) is 0.915. The number of aromatic amines is 1.